The number of aromatic amines is 1. The molecule has 3 heteroatoms. The van der Waals surface area contributed by atoms with Crippen LogP contribution in [0.5, 0.6) is 0 Å². The summed E-state index contributed by atoms with van der Waals surface area (Å²) in [5, 5.41) is 0. The molecular weight excluding hydrogens is 198 g/mol. The van der Waals surface area contributed by atoms with Gasteiger partial charge in [0.05, 0.1) is 11.0 Å². The van der Waals surface area contributed by atoms with Gasteiger partial charge in [0.25, 0.3) is 0 Å². The quantitative estimate of drug-likeness (QED) is 0.812. The van der Waals surface area contributed by atoms with Gasteiger partial charge in [0.15, 0.2) is 0 Å². The van der Waals surface area contributed by atoms with Crippen molar-refractivity contribution < 1.29 is 0 Å². The van der Waals surface area contributed by atoms with Crippen LogP contribution in [0.25, 0.3) is 11.0 Å². The van der Waals surface area contributed by atoms with Gasteiger partial charge in [-0.25, -0.2) is 4.98 Å². The third-order valence-electron chi connectivity index (χ3n) is 2.56. The van der Waals surface area contributed by atoms with Crippen molar-refractivity contribution in [2.45, 2.75) is 33.7 Å². The molecule has 2 rings (SSSR count). The van der Waals surface area contributed by atoms with Gasteiger partial charge in [-0.15, -0.1) is 0 Å². The molecule has 3 N–H and O–H groups in total. The molecule has 1 aromatic carbocycles. The lowest BCUT2D eigenvalue weighted by atomic mass is 9.92. The highest BCUT2D eigenvalue weighted by molar-refractivity contribution is 5.78. The molecule has 0 aliphatic carbocycles. The monoisotopic (exact) mass is 217 g/mol. The molecule has 0 radical (unpaired) electrons. The molecule has 0 saturated heterocycles. The van der Waals surface area contributed by atoms with Gasteiger partial charge < -0.3 is 10.7 Å². The summed E-state index contributed by atoms with van der Waals surface area (Å²) in [5.41, 5.74) is 9.15. The Morgan fingerprint density at radius 3 is 2.69 bits per heavy atom. The molecule has 0 fully saturated rings. The van der Waals surface area contributed by atoms with Crippen LogP contribution >= 0.6 is 0 Å². The van der Waals surface area contributed by atoms with E-state index in [0.29, 0.717) is 6.54 Å². The molecule has 0 amide bonds. The minimum absolute atomic E-state index is 0.247. The topological polar surface area (TPSA) is 54.7 Å². The standard InChI is InChI=1S/C13H19N3/c1-13(2,3)7-11-15-10-6-4-5-9(8-14)12(10)16-11/h4-6H,7-8,14H2,1-3H3,(H,15,16). The lowest BCUT2D eigenvalue weighted by Crippen LogP contribution is -2.10. The van der Waals surface area contributed by atoms with E-state index in [-0.39, 0.29) is 5.41 Å². The fraction of sp³-hybridized carbons (Fsp3) is 0.462. The van der Waals surface area contributed by atoms with E-state index in [9.17, 15) is 0 Å². The van der Waals surface area contributed by atoms with Crippen molar-refractivity contribution in [2.75, 3.05) is 0 Å². The van der Waals surface area contributed by atoms with Gasteiger partial charge in [0.2, 0.25) is 0 Å². The summed E-state index contributed by atoms with van der Waals surface area (Å²) in [5.74, 6) is 1.04. The third-order valence-corrected chi connectivity index (χ3v) is 2.56. The molecule has 3 nitrogen and oxygen atoms in total. The Labute approximate surface area is 96.1 Å². The first-order chi connectivity index (χ1) is 7.49. The van der Waals surface area contributed by atoms with E-state index in [1.165, 1.54) is 0 Å². The van der Waals surface area contributed by atoms with Gasteiger partial charge >= 0.3 is 0 Å². The van der Waals surface area contributed by atoms with Gasteiger partial charge in [0, 0.05) is 13.0 Å². The maximum atomic E-state index is 5.70. The van der Waals surface area contributed by atoms with E-state index in [1.54, 1.807) is 0 Å². The molecule has 0 aliphatic rings. The summed E-state index contributed by atoms with van der Waals surface area (Å²) in [6, 6.07) is 6.10. The van der Waals surface area contributed by atoms with Crippen molar-refractivity contribution in [1.82, 2.24) is 9.97 Å². The van der Waals surface area contributed by atoms with Crippen molar-refractivity contribution in [1.29, 1.82) is 0 Å². The molecule has 2 aromatic rings. The van der Waals surface area contributed by atoms with Gasteiger partial charge in [-0.3, -0.25) is 0 Å². The van der Waals surface area contributed by atoms with Crippen molar-refractivity contribution in [3.63, 3.8) is 0 Å². The van der Waals surface area contributed by atoms with Gasteiger partial charge in [-0.05, 0) is 17.0 Å². The van der Waals surface area contributed by atoms with Gasteiger partial charge in [0.1, 0.15) is 5.82 Å². The number of H-pyrrole nitrogens is 1. The van der Waals surface area contributed by atoms with Crippen molar-refractivity contribution in [2.24, 2.45) is 11.1 Å². The Morgan fingerprint density at radius 2 is 2.06 bits per heavy atom. The zero-order valence-corrected chi connectivity index (χ0v) is 10.2. The Balaban J connectivity index is 2.44. The number of nitrogens with zero attached hydrogens (tertiary/aromatic N) is 1. The van der Waals surface area contributed by atoms with Crippen LogP contribution in [0.1, 0.15) is 32.2 Å². The highest BCUT2D eigenvalue weighted by Gasteiger charge is 2.14. The van der Waals surface area contributed by atoms with Crippen molar-refractivity contribution in [3.8, 4) is 0 Å². The predicted molar refractivity (Wildman–Crippen MR) is 67.1 cm³/mol. The lowest BCUT2D eigenvalue weighted by Gasteiger charge is -2.15. The minimum Gasteiger partial charge on any atom is -0.342 e. The van der Waals surface area contributed by atoms with Crippen LogP contribution in [0.2, 0.25) is 0 Å². The number of nitrogens with one attached hydrogen (secondary N) is 1. The zero-order chi connectivity index (χ0) is 11.8. The molecule has 1 aromatic heterocycles. The van der Waals surface area contributed by atoms with Gasteiger partial charge in [-0.1, -0.05) is 32.9 Å². The largest absolute Gasteiger partial charge is 0.342 e. The summed E-state index contributed by atoms with van der Waals surface area (Å²) < 4.78 is 0. The maximum Gasteiger partial charge on any atom is 0.107 e. The van der Waals surface area contributed by atoms with Crippen molar-refractivity contribution >= 4 is 11.0 Å². The predicted octanol–water partition coefficient (Wildman–Crippen LogP) is 2.61. The van der Waals surface area contributed by atoms with E-state index in [1.807, 2.05) is 18.2 Å². The zero-order valence-electron chi connectivity index (χ0n) is 10.2. The number of fused-ring (bicyclic) bond motifs is 1. The maximum absolute atomic E-state index is 5.70. The van der Waals surface area contributed by atoms with Crippen LogP contribution in [0.3, 0.4) is 0 Å². The highest BCUT2D eigenvalue weighted by Crippen LogP contribution is 2.22. The number of imidazole rings is 1. The number of hydrogen-bond acceptors (Lipinski definition) is 2. The van der Waals surface area contributed by atoms with Crippen LogP contribution in [0, 0.1) is 5.41 Å². The van der Waals surface area contributed by atoms with Gasteiger partial charge in [-0.2, -0.15) is 0 Å². The Bertz CT molecular complexity index is 491. The number of nitrogens with two attached hydrogens (primary N) is 1. The molecule has 0 aliphatic heterocycles. The summed E-state index contributed by atoms with van der Waals surface area (Å²) in [4.78, 5) is 7.99. The van der Waals surface area contributed by atoms with E-state index < -0.39 is 0 Å². The molecule has 1 heterocycles. The molecule has 16 heavy (non-hydrogen) atoms. The third kappa shape index (κ3) is 2.25. The van der Waals surface area contributed by atoms with Crippen LogP contribution < -0.4 is 5.73 Å². The number of rotatable bonds is 2. The Morgan fingerprint density at radius 1 is 1.31 bits per heavy atom. The molecular formula is C13H19N3. The molecule has 0 spiro atoms. The molecule has 0 saturated carbocycles. The van der Waals surface area contributed by atoms with Crippen LogP contribution in [0.4, 0.5) is 0 Å². The Hall–Kier alpha value is -1.35. The SMILES string of the molecule is CC(C)(C)Cc1nc2c(CN)cccc2[nH]1. The molecule has 86 valence electrons. The fourth-order valence-corrected chi connectivity index (χ4v) is 1.89. The Kier molecular flexibility index (Phi) is 2.72. The van der Waals surface area contributed by atoms with E-state index in [2.05, 4.69) is 30.7 Å². The number of benzene rings is 1. The highest BCUT2D eigenvalue weighted by atomic mass is 14.9. The van der Waals surface area contributed by atoms with E-state index in [4.69, 9.17) is 5.73 Å². The van der Waals surface area contributed by atoms with Crippen LogP contribution in [-0.4, -0.2) is 9.97 Å². The summed E-state index contributed by atoms with van der Waals surface area (Å²) >= 11 is 0. The second-order valence-corrected chi connectivity index (χ2v) is 5.44. The molecule has 0 atom stereocenters. The fourth-order valence-electron chi connectivity index (χ4n) is 1.89. The number of hydrogen-bond donors (Lipinski definition) is 2. The second kappa shape index (κ2) is 3.91. The van der Waals surface area contributed by atoms with E-state index in [0.717, 1.165) is 28.8 Å². The first kappa shape index (κ1) is 11.1. The minimum atomic E-state index is 0.247. The average molecular weight is 217 g/mol. The molecule has 0 bridgehead atoms. The first-order valence-corrected chi connectivity index (χ1v) is 5.66. The smallest absolute Gasteiger partial charge is 0.107 e. The van der Waals surface area contributed by atoms with Crippen molar-refractivity contribution in [3.05, 3.63) is 29.6 Å². The average Bonchev–Trinajstić information content (AvgIpc) is 2.56. The van der Waals surface area contributed by atoms with Crippen LogP contribution in [0.15, 0.2) is 18.2 Å². The van der Waals surface area contributed by atoms with E-state index >= 15 is 0 Å². The summed E-state index contributed by atoms with van der Waals surface area (Å²) in [6.45, 7) is 7.18. The second-order valence-electron chi connectivity index (χ2n) is 5.44. The summed E-state index contributed by atoms with van der Waals surface area (Å²) in [6.07, 6.45) is 0.950. The molecule has 0 unspecified atom stereocenters. The normalized spacial score (nSPS) is 12.2. The lowest BCUT2D eigenvalue weighted by molar-refractivity contribution is 0.402. The van der Waals surface area contributed by atoms with Crippen LogP contribution in [-0.2, 0) is 13.0 Å². The first-order valence-electron chi connectivity index (χ1n) is 5.66. The number of aromatic nitrogens is 2. The number of para-hydroxylation sites is 1. The summed E-state index contributed by atoms with van der Waals surface area (Å²) in [7, 11) is 0.